The number of rotatable bonds is 5. The molecule has 0 fully saturated rings. The molecule has 0 aliphatic carbocycles. The van der Waals surface area contributed by atoms with Gasteiger partial charge in [0.15, 0.2) is 0 Å². The lowest BCUT2D eigenvalue weighted by atomic mass is 10.0. The lowest BCUT2D eigenvalue weighted by Crippen LogP contribution is -2.35. The molecule has 0 bridgehead atoms. The SMILES string of the molecule is CC(C)(C)OC(=O)NC(CCCO)c1cccc(N)c1. The second kappa shape index (κ2) is 7.14. The molecule has 20 heavy (non-hydrogen) atoms. The quantitative estimate of drug-likeness (QED) is 0.724. The molecule has 1 aromatic carbocycles. The molecule has 5 nitrogen and oxygen atoms in total. The molecule has 0 saturated heterocycles. The van der Waals surface area contributed by atoms with E-state index in [0.717, 1.165) is 5.56 Å². The maximum Gasteiger partial charge on any atom is 0.408 e. The molecule has 0 aliphatic heterocycles. The number of aliphatic hydroxyl groups is 1. The van der Waals surface area contributed by atoms with Crippen molar-refractivity contribution in [3.8, 4) is 0 Å². The van der Waals surface area contributed by atoms with Crippen LogP contribution >= 0.6 is 0 Å². The standard InChI is InChI=1S/C15H24N2O3/c1-15(2,3)20-14(19)17-13(8-5-9-18)11-6-4-7-12(16)10-11/h4,6-7,10,13,18H,5,8-9,16H2,1-3H3,(H,17,19). The van der Waals surface area contributed by atoms with Gasteiger partial charge < -0.3 is 20.9 Å². The number of anilines is 1. The molecule has 1 amide bonds. The van der Waals surface area contributed by atoms with E-state index in [-0.39, 0.29) is 12.6 Å². The second-order valence-corrected chi connectivity index (χ2v) is 5.73. The monoisotopic (exact) mass is 280 g/mol. The number of carbonyl (C=O) groups excluding carboxylic acids is 1. The first-order valence-corrected chi connectivity index (χ1v) is 6.77. The van der Waals surface area contributed by atoms with Crippen LogP contribution < -0.4 is 11.1 Å². The smallest absolute Gasteiger partial charge is 0.408 e. The van der Waals surface area contributed by atoms with Crippen LogP contribution in [0.25, 0.3) is 0 Å². The maximum absolute atomic E-state index is 11.9. The van der Waals surface area contributed by atoms with E-state index in [9.17, 15) is 4.79 Å². The highest BCUT2D eigenvalue weighted by Crippen LogP contribution is 2.21. The average molecular weight is 280 g/mol. The van der Waals surface area contributed by atoms with Gasteiger partial charge in [0, 0.05) is 12.3 Å². The van der Waals surface area contributed by atoms with E-state index in [4.69, 9.17) is 15.6 Å². The highest BCUT2D eigenvalue weighted by molar-refractivity contribution is 5.68. The Balaban J connectivity index is 2.77. The molecule has 5 heteroatoms. The van der Waals surface area contributed by atoms with Crippen LogP contribution in [0.15, 0.2) is 24.3 Å². The summed E-state index contributed by atoms with van der Waals surface area (Å²) in [5.41, 5.74) is 6.77. The Bertz CT molecular complexity index is 441. The first-order valence-electron chi connectivity index (χ1n) is 6.77. The summed E-state index contributed by atoms with van der Waals surface area (Å²) in [5, 5.41) is 11.8. The van der Waals surface area contributed by atoms with Gasteiger partial charge in [0.05, 0.1) is 6.04 Å². The van der Waals surface area contributed by atoms with Crippen LogP contribution in [0, 0.1) is 0 Å². The van der Waals surface area contributed by atoms with E-state index in [1.165, 1.54) is 0 Å². The lowest BCUT2D eigenvalue weighted by Gasteiger charge is -2.24. The van der Waals surface area contributed by atoms with Gasteiger partial charge in [-0.05, 0) is 51.3 Å². The number of benzene rings is 1. The van der Waals surface area contributed by atoms with Gasteiger partial charge in [0.1, 0.15) is 5.60 Å². The van der Waals surface area contributed by atoms with E-state index in [1.54, 1.807) is 6.07 Å². The van der Waals surface area contributed by atoms with E-state index in [0.29, 0.717) is 18.5 Å². The van der Waals surface area contributed by atoms with Crippen LogP contribution in [0.1, 0.15) is 45.2 Å². The average Bonchev–Trinajstić information content (AvgIpc) is 2.32. The van der Waals surface area contributed by atoms with Gasteiger partial charge in [-0.1, -0.05) is 12.1 Å². The molecular weight excluding hydrogens is 256 g/mol. The molecular formula is C15H24N2O3. The number of ether oxygens (including phenoxy) is 1. The maximum atomic E-state index is 11.9. The van der Waals surface area contributed by atoms with Crippen LogP contribution in [0.4, 0.5) is 10.5 Å². The molecule has 0 aliphatic rings. The van der Waals surface area contributed by atoms with Crippen molar-refractivity contribution in [2.24, 2.45) is 0 Å². The summed E-state index contributed by atoms with van der Waals surface area (Å²) < 4.78 is 5.26. The first kappa shape index (κ1) is 16.3. The molecule has 0 radical (unpaired) electrons. The fraction of sp³-hybridized carbons (Fsp3) is 0.533. The van der Waals surface area contributed by atoms with E-state index >= 15 is 0 Å². The zero-order valence-corrected chi connectivity index (χ0v) is 12.3. The van der Waals surface area contributed by atoms with Gasteiger partial charge in [0.25, 0.3) is 0 Å². The summed E-state index contributed by atoms with van der Waals surface area (Å²) >= 11 is 0. The number of nitrogens with one attached hydrogen (secondary N) is 1. The number of alkyl carbamates (subject to hydrolysis) is 1. The predicted molar refractivity (Wildman–Crippen MR) is 79.3 cm³/mol. The Kier molecular flexibility index (Phi) is 5.82. The normalized spacial score (nSPS) is 12.8. The zero-order valence-electron chi connectivity index (χ0n) is 12.3. The van der Waals surface area contributed by atoms with Crippen LogP contribution in [0.3, 0.4) is 0 Å². The summed E-state index contributed by atoms with van der Waals surface area (Å²) in [7, 11) is 0. The van der Waals surface area contributed by atoms with Crippen molar-refractivity contribution in [1.29, 1.82) is 0 Å². The fourth-order valence-corrected chi connectivity index (χ4v) is 1.84. The van der Waals surface area contributed by atoms with Gasteiger partial charge >= 0.3 is 6.09 Å². The predicted octanol–water partition coefficient (Wildman–Crippen LogP) is 2.61. The Morgan fingerprint density at radius 3 is 2.70 bits per heavy atom. The van der Waals surface area contributed by atoms with E-state index < -0.39 is 11.7 Å². The number of carbonyl (C=O) groups is 1. The summed E-state index contributed by atoms with van der Waals surface area (Å²) in [6.45, 7) is 5.52. The number of amides is 1. The number of hydrogen-bond acceptors (Lipinski definition) is 4. The summed E-state index contributed by atoms with van der Waals surface area (Å²) in [5.74, 6) is 0. The number of hydrogen-bond donors (Lipinski definition) is 3. The number of aliphatic hydroxyl groups excluding tert-OH is 1. The molecule has 0 saturated carbocycles. The Morgan fingerprint density at radius 1 is 1.45 bits per heavy atom. The molecule has 4 N–H and O–H groups in total. The highest BCUT2D eigenvalue weighted by Gasteiger charge is 2.20. The van der Waals surface area contributed by atoms with Gasteiger partial charge in [-0.25, -0.2) is 4.79 Å². The van der Waals surface area contributed by atoms with Crippen LogP contribution in [-0.2, 0) is 4.74 Å². The molecule has 1 aromatic rings. The lowest BCUT2D eigenvalue weighted by molar-refractivity contribution is 0.0498. The Morgan fingerprint density at radius 2 is 2.15 bits per heavy atom. The third-order valence-corrected chi connectivity index (χ3v) is 2.65. The number of nitrogen functional groups attached to an aromatic ring is 1. The minimum atomic E-state index is -0.540. The van der Waals surface area contributed by atoms with Crippen molar-refractivity contribution >= 4 is 11.8 Å². The molecule has 0 spiro atoms. The minimum absolute atomic E-state index is 0.0782. The van der Waals surface area contributed by atoms with Gasteiger partial charge in [-0.3, -0.25) is 0 Å². The molecule has 0 aromatic heterocycles. The minimum Gasteiger partial charge on any atom is -0.444 e. The molecule has 112 valence electrons. The van der Waals surface area contributed by atoms with Crippen LogP contribution in [0.2, 0.25) is 0 Å². The Hall–Kier alpha value is -1.75. The van der Waals surface area contributed by atoms with E-state index in [2.05, 4.69) is 5.32 Å². The van der Waals surface area contributed by atoms with Gasteiger partial charge in [-0.15, -0.1) is 0 Å². The van der Waals surface area contributed by atoms with Crippen molar-refractivity contribution in [2.75, 3.05) is 12.3 Å². The largest absolute Gasteiger partial charge is 0.444 e. The third-order valence-electron chi connectivity index (χ3n) is 2.65. The van der Waals surface area contributed by atoms with Crippen molar-refractivity contribution in [2.45, 2.75) is 45.3 Å². The topological polar surface area (TPSA) is 84.6 Å². The summed E-state index contributed by atoms with van der Waals surface area (Å²) in [6, 6.07) is 7.13. The Labute approximate surface area is 120 Å². The van der Waals surface area contributed by atoms with Crippen LogP contribution in [-0.4, -0.2) is 23.4 Å². The van der Waals surface area contributed by atoms with Gasteiger partial charge in [0.2, 0.25) is 0 Å². The van der Waals surface area contributed by atoms with Crippen molar-refractivity contribution in [3.63, 3.8) is 0 Å². The van der Waals surface area contributed by atoms with Crippen molar-refractivity contribution < 1.29 is 14.6 Å². The number of nitrogens with two attached hydrogens (primary N) is 1. The van der Waals surface area contributed by atoms with Gasteiger partial charge in [-0.2, -0.15) is 0 Å². The highest BCUT2D eigenvalue weighted by atomic mass is 16.6. The first-order chi connectivity index (χ1) is 9.31. The molecule has 1 rings (SSSR count). The third kappa shape index (κ3) is 5.93. The molecule has 1 atom stereocenters. The summed E-state index contributed by atoms with van der Waals surface area (Å²) in [6.07, 6.45) is 0.747. The summed E-state index contributed by atoms with van der Waals surface area (Å²) in [4.78, 5) is 11.9. The molecule has 1 unspecified atom stereocenters. The fourth-order valence-electron chi connectivity index (χ4n) is 1.84. The van der Waals surface area contributed by atoms with Crippen LogP contribution in [0.5, 0.6) is 0 Å². The molecule has 0 heterocycles. The second-order valence-electron chi connectivity index (χ2n) is 5.73. The van der Waals surface area contributed by atoms with Crippen molar-refractivity contribution in [1.82, 2.24) is 5.32 Å². The van der Waals surface area contributed by atoms with E-state index in [1.807, 2.05) is 39.0 Å². The van der Waals surface area contributed by atoms with Crippen molar-refractivity contribution in [3.05, 3.63) is 29.8 Å². The zero-order chi connectivity index (χ0) is 15.2.